The monoisotopic (exact) mass is 480 g/mol. The zero-order chi connectivity index (χ0) is 25.6. The molecule has 3 rings (SSSR count). The second kappa shape index (κ2) is 10.8. The van der Waals surface area contributed by atoms with E-state index in [0.717, 1.165) is 10.5 Å². The number of nitrogens with one attached hydrogen (secondary N) is 3. The first-order valence-corrected chi connectivity index (χ1v) is 11.1. The first kappa shape index (κ1) is 25.4. The van der Waals surface area contributed by atoms with Crippen molar-refractivity contribution in [1.29, 1.82) is 0 Å². The Morgan fingerprint density at radius 1 is 0.857 bits per heavy atom. The lowest BCUT2D eigenvalue weighted by molar-refractivity contribution is -0.121. The van der Waals surface area contributed by atoms with Crippen molar-refractivity contribution in [3.63, 3.8) is 0 Å². The first-order chi connectivity index (χ1) is 16.5. The molecule has 0 bridgehead atoms. The zero-order valence-corrected chi connectivity index (χ0v) is 19.8. The molecule has 10 heteroatoms. The fourth-order valence-corrected chi connectivity index (χ4v) is 3.31. The lowest BCUT2D eigenvalue weighted by Gasteiger charge is -2.19. The summed E-state index contributed by atoms with van der Waals surface area (Å²) in [7, 11) is 0. The summed E-state index contributed by atoms with van der Waals surface area (Å²) in [5, 5.41) is 7.93. The van der Waals surface area contributed by atoms with E-state index in [-0.39, 0.29) is 43.1 Å². The fourth-order valence-electron chi connectivity index (χ4n) is 3.31. The predicted molar refractivity (Wildman–Crippen MR) is 128 cm³/mol. The van der Waals surface area contributed by atoms with Crippen LogP contribution in [0.15, 0.2) is 48.5 Å². The Kier molecular flexibility index (Phi) is 7.85. The molecule has 2 aromatic carbocycles. The van der Waals surface area contributed by atoms with Gasteiger partial charge in [0.1, 0.15) is 12.1 Å². The second-order valence-corrected chi connectivity index (χ2v) is 8.94. The molecule has 0 saturated heterocycles. The van der Waals surface area contributed by atoms with Crippen molar-refractivity contribution < 1.29 is 28.7 Å². The highest BCUT2D eigenvalue weighted by atomic mass is 16.6. The van der Waals surface area contributed by atoms with E-state index in [1.54, 1.807) is 69.3 Å². The quantitative estimate of drug-likeness (QED) is 0.497. The number of carbonyl (C=O) groups is 5. The number of alkyl carbamates (subject to hydrolysis) is 1. The summed E-state index contributed by atoms with van der Waals surface area (Å²) in [4.78, 5) is 61.6. The van der Waals surface area contributed by atoms with Gasteiger partial charge in [-0.05, 0) is 50.6 Å². The Balaban J connectivity index is 1.40. The highest BCUT2D eigenvalue weighted by molar-refractivity contribution is 6.22. The summed E-state index contributed by atoms with van der Waals surface area (Å²) in [5.74, 6) is -1.72. The van der Waals surface area contributed by atoms with Gasteiger partial charge < -0.3 is 20.7 Å². The standard InChI is InChI=1S/C25H28N4O6/c1-25(2,3)35-24(34)26-13-12-20(30)27-14-16-8-10-17(11-9-16)28-21(31)15-29-22(32)18-6-4-5-7-19(18)23(29)33/h4-11H,12-15H2,1-3H3,(H,26,34)(H,27,30)(H,28,31). The van der Waals surface area contributed by atoms with E-state index in [0.29, 0.717) is 5.69 Å². The maximum atomic E-state index is 12.4. The Hall–Kier alpha value is -4.21. The Labute approximate surface area is 203 Å². The van der Waals surface area contributed by atoms with Crippen molar-refractivity contribution in [2.24, 2.45) is 0 Å². The Morgan fingerprint density at radius 2 is 1.46 bits per heavy atom. The van der Waals surface area contributed by atoms with Crippen molar-refractivity contribution >= 4 is 35.4 Å². The topological polar surface area (TPSA) is 134 Å². The van der Waals surface area contributed by atoms with Crippen molar-refractivity contribution in [1.82, 2.24) is 15.5 Å². The van der Waals surface area contributed by atoms with Gasteiger partial charge in [0.15, 0.2) is 0 Å². The summed E-state index contributed by atoms with van der Waals surface area (Å²) in [6.07, 6.45) is -0.475. The van der Waals surface area contributed by atoms with Crippen molar-refractivity contribution in [3.05, 3.63) is 65.2 Å². The molecule has 0 fully saturated rings. The molecule has 0 unspecified atom stereocenters. The van der Waals surface area contributed by atoms with E-state index in [9.17, 15) is 24.0 Å². The number of ether oxygens (including phenoxy) is 1. The number of amides is 5. The van der Waals surface area contributed by atoms with Crippen LogP contribution in [0.2, 0.25) is 0 Å². The van der Waals surface area contributed by atoms with Gasteiger partial charge in [-0.1, -0.05) is 24.3 Å². The van der Waals surface area contributed by atoms with E-state index >= 15 is 0 Å². The van der Waals surface area contributed by atoms with Crippen molar-refractivity contribution in [2.75, 3.05) is 18.4 Å². The lowest BCUT2D eigenvalue weighted by atomic mass is 10.1. The number of anilines is 1. The molecule has 5 amide bonds. The van der Waals surface area contributed by atoms with Crippen LogP contribution in [0.4, 0.5) is 10.5 Å². The van der Waals surface area contributed by atoms with Gasteiger partial charge in [0.25, 0.3) is 11.8 Å². The fraction of sp³-hybridized carbons (Fsp3) is 0.320. The number of imide groups is 1. The number of benzene rings is 2. The summed E-state index contributed by atoms with van der Waals surface area (Å²) in [6, 6.07) is 13.2. The minimum Gasteiger partial charge on any atom is -0.444 e. The van der Waals surface area contributed by atoms with Gasteiger partial charge in [0, 0.05) is 25.2 Å². The average molecular weight is 481 g/mol. The van der Waals surface area contributed by atoms with Crippen LogP contribution >= 0.6 is 0 Å². The van der Waals surface area contributed by atoms with Gasteiger partial charge in [-0.2, -0.15) is 0 Å². The number of nitrogens with zero attached hydrogens (tertiary/aromatic N) is 1. The van der Waals surface area contributed by atoms with Crippen molar-refractivity contribution in [3.8, 4) is 0 Å². The molecule has 184 valence electrons. The molecule has 0 aliphatic carbocycles. The van der Waals surface area contributed by atoms with Gasteiger partial charge in [-0.3, -0.25) is 24.1 Å². The zero-order valence-electron chi connectivity index (χ0n) is 19.8. The molecule has 1 heterocycles. The summed E-state index contributed by atoms with van der Waals surface area (Å²) in [6.45, 7) is 5.30. The third kappa shape index (κ3) is 7.13. The van der Waals surface area contributed by atoms with Crippen LogP contribution in [0, 0.1) is 0 Å². The Morgan fingerprint density at radius 3 is 2.03 bits per heavy atom. The molecule has 1 aliphatic heterocycles. The summed E-state index contributed by atoms with van der Waals surface area (Å²) >= 11 is 0. The van der Waals surface area contributed by atoms with Gasteiger partial charge >= 0.3 is 6.09 Å². The number of hydrogen-bond acceptors (Lipinski definition) is 6. The molecular formula is C25H28N4O6. The first-order valence-electron chi connectivity index (χ1n) is 11.1. The normalized spacial score (nSPS) is 12.7. The van der Waals surface area contributed by atoms with E-state index in [4.69, 9.17) is 4.74 Å². The van der Waals surface area contributed by atoms with Crippen LogP contribution in [0.5, 0.6) is 0 Å². The molecule has 0 radical (unpaired) electrons. The summed E-state index contributed by atoms with van der Waals surface area (Å²) < 4.78 is 5.10. The van der Waals surface area contributed by atoms with Gasteiger partial charge in [0.05, 0.1) is 11.1 Å². The highest BCUT2D eigenvalue weighted by Gasteiger charge is 2.36. The van der Waals surface area contributed by atoms with Crippen molar-refractivity contribution in [2.45, 2.75) is 39.3 Å². The number of carbonyl (C=O) groups excluding carboxylic acids is 5. The van der Waals surface area contributed by atoms with Crippen LogP contribution in [-0.2, 0) is 20.9 Å². The van der Waals surface area contributed by atoms with Crippen LogP contribution in [-0.4, -0.2) is 53.3 Å². The third-order valence-electron chi connectivity index (χ3n) is 4.93. The molecule has 2 aromatic rings. The third-order valence-corrected chi connectivity index (χ3v) is 4.93. The maximum absolute atomic E-state index is 12.4. The Bertz CT molecular complexity index is 1100. The van der Waals surface area contributed by atoms with Crippen LogP contribution in [0.1, 0.15) is 53.5 Å². The van der Waals surface area contributed by atoms with Gasteiger partial charge in [-0.25, -0.2) is 4.79 Å². The second-order valence-electron chi connectivity index (χ2n) is 8.94. The molecule has 0 spiro atoms. The minimum atomic E-state index is -0.604. The van der Waals surface area contributed by atoms with Crippen LogP contribution in [0.3, 0.4) is 0 Å². The molecule has 1 aliphatic rings. The maximum Gasteiger partial charge on any atom is 0.407 e. The average Bonchev–Trinajstić information content (AvgIpc) is 3.02. The number of fused-ring (bicyclic) bond motifs is 1. The summed E-state index contributed by atoms with van der Waals surface area (Å²) in [5.41, 5.74) is 1.27. The highest BCUT2D eigenvalue weighted by Crippen LogP contribution is 2.22. The van der Waals surface area contributed by atoms with E-state index in [1.807, 2.05) is 0 Å². The minimum absolute atomic E-state index is 0.102. The largest absolute Gasteiger partial charge is 0.444 e. The number of rotatable bonds is 8. The predicted octanol–water partition coefficient (Wildman–Crippen LogP) is 2.45. The lowest BCUT2D eigenvalue weighted by Crippen LogP contribution is -2.37. The molecule has 0 aromatic heterocycles. The van der Waals surface area contributed by atoms with E-state index in [2.05, 4.69) is 16.0 Å². The van der Waals surface area contributed by atoms with Crippen LogP contribution in [0.25, 0.3) is 0 Å². The SMILES string of the molecule is CC(C)(C)OC(=O)NCCC(=O)NCc1ccc(NC(=O)CN2C(=O)c3ccccc3C2=O)cc1. The van der Waals surface area contributed by atoms with Gasteiger partial charge in [0.2, 0.25) is 11.8 Å². The molecule has 0 atom stereocenters. The molecule has 35 heavy (non-hydrogen) atoms. The van der Waals surface area contributed by atoms with Gasteiger partial charge in [-0.15, -0.1) is 0 Å². The molecule has 3 N–H and O–H groups in total. The van der Waals surface area contributed by atoms with E-state index in [1.165, 1.54) is 0 Å². The molecule has 10 nitrogen and oxygen atoms in total. The smallest absolute Gasteiger partial charge is 0.407 e. The molecular weight excluding hydrogens is 452 g/mol. The number of hydrogen-bond donors (Lipinski definition) is 3. The van der Waals surface area contributed by atoms with Crippen LogP contribution < -0.4 is 16.0 Å². The van der Waals surface area contributed by atoms with E-state index < -0.39 is 29.4 Å². The molecule has 0 saturated carbocycles.